The van der Waals surface area contributed by atoms with Gasteiger partial charge in [-0.3, -0.25) is 0 Å². The molecule has 0 heterocycles. The van der Waals surface area contributed by atoms with Crippen LogP contribution in [0.4, 0.5) is 0 Å². The van der Waals surface area contributed by atoms with Crippen molar-refractivity contribution in [3.05, 3.63) is 29.8 Å². The first-order valence-electron chi connectivity index (χ1n) is 5.81. The van der Waals surface area contributed by atoms with Crippen LogP contribution < -0.4 is 5.73 Å². The van der Waals surface area contributed by atoms with E-state index in [2.05, 4.69) is 19.1 Å². The van der Waals surface area contributed by atoms with Crippen LogP contribution in [-0.4, -0.2) is 23.0 Å². The average Bonchev–Trinajstić information content (AvgIpc) is 3.11. The maximum atomic E-state index is 9.42. The molecule has 0 radical (unpaired) electrons. The molecule has 0 spiro atoms. The van der Waals surface area contributed by atoms with Crippen LogP contribution in [0.15, 0.2) is 29.2 Å². The highest BCUT2D eigenvalue weighted by Gasteiger charge is 2.34. The lowest BCUT2D eigenvalue weighted by molar-refractivity contribution is 0.277. The molecule has 1 saturated carbocycles. The minimum atomic E-state index is 0.133. The summed E-state index contributed by atoms with van der Waals surface area (Å²) >= 11 is 1.72. The maximum Gasteiger partial charge on any atom is 0.0568 e. The molecule has 2 nitrogen and oxygen atoms in total. The molecule has 16 heavy (non-hydrogen) atoms. The molecule has 3 N–H and O–H groups in total. The SMILES string of the molecule is Cc1ccccc1SC(CO)C(N)C1CC1. The Morgan fingerprint density at radius 3 is 2.69 bits per heavy atom. The van der Waals surface area contributed by atoms with Gasteiger partial charge < -0.3 is 10.8 Å². The van der Waals surface area contributed by atoms with Crippen LogP contribution in [0, 0.1) is 12.8 Å². The van der Waals surface area contributed by atoms with Crippen molar-refractivity contribution in [1.82, 2.24) is 0 Å². The van der Waals surface area contributed by atoms with Gasteiger partial charge in [0.1, 0.15) is 0 Å². The van der Waals surface area contributed by atoms with E-state index in [0.29, 0.717) is 5.92 Å². The molecule has 1 aromatic rings. The van der Waals surface area contributed by atoms with Gasteiger partial charge in [-0.25, -0.2) is 0 Å². The van der Waals surface area contributed by atoms with E-state index in [1.54, 1.807) is 11.8 Å². The second-order valence-electron chi connectivity index (χ2n) is 4.52. The number of hydrogen-bond donors (Lipinski definition) is 2. The Labute approximate surface area is 101 Å². The minimum absolute atomic E-state index is 0.133. The largest absolute Gasteiger partial charge is 0.395 e. The molecule has 1 aliphatic rings. The predicted octanol–water partition coefficient (Wildman–Crippen LogP) is 2.19. The van der Waals surface area contributed by atoms with Gasteiger partial charge in [0.25, 0.3) is 0 Å². The number of rotatable bonds is 5. The molecule has 0 aromatic heterocycles. The molecule has 2 unspecified atom stereocenters. The van der Waals surface area contributed by atoms with Gasteiger partial charge in [-0.2, -0.15) is 0 Å². The zero-order valence-corrected chi connectivity index (χ0v) is 10.4. The molecule has 0 aliphatic heterocycles. The normalized spacial score (nSPS) is 19.4. The Morgan fingerprint density at radius 1 is 1.44 bits per heavy atom. The van der Waals surface area contributed by atoms with Crippen LogP contribution in [-0.2, 0) is 0 Å². The Kier molecular flexibility index (Phi) is 3.90. The summed E-state index contributed by atoms with van der Waals surface area (Å²) in [4.78, 5) is 1.23. The van der Waals surface area contributed by atoms with E-state index in [0.717, 1.165) is 0 Å². The van der Waals surface area contributed by atoms with Crippen molar-refractivity contribution in [2.24, 2.45) is 11.7 Å². The van der Waals surface area contributed by atoms with Crippen LogP contribution in [0.1, 0.15) is 18.4 Å². The van der Waals surface area contributed by atoms with Crippen LogP contribution >= 0.6 is 11.8 Å². The van der Waals surface area contributed by atoms with E-state index < -0.39 is 0 Å². The van der Waals surface area contributed by atoms with Crippen molar-refractivity contribution in [3.63, 3.8) is 0 Å². The first-order valence-corrected chi connectivity index (χ1v) is 6.69. The summed E-state index contributed by atoms with van der Waals surface area (Å²) < 4.78 is 0. The molecule has 3 heteroatoms. The molecule has 1 aliphatic carbocycles. The highest BCUT2D eigenvalue weighted by molar-refractivity contribution is 8.00. The van der Waals surface area contributed by atoms with E-state index in [1.165, 1.54) is 23.3 Å². The molecule has 1 aromatic carbocycles. The third kappa shape index (κ3) is 2.78. The summed E-state index contributed by atoms with van der Waals surface area (Å²) in [7, 11) is 0. The topological polar surface area (TPSA) is 46.2 Å². The fourth-order valence-electron chi connectivity index (χ4n) is 1.87. The standard InChI is InChI=1S/C13H19NOS/c1-9-4-2-3-5-11(9)16-12(8-15)13(14)10-6-7-10/h2-5,10,12-13,15H,6-8,14H2,1H3. The predicted molar refractivity (Wildman–Crippen MR) is 68.6 cm³/mol. The van der Waals surface area contributed by atoms with Gasteiger partial charge in [0.15, 0.2) is 0 Å². The molecule has 0 bridgehead atoms. The second-order valence-corrected chi connectivity index (χ2v) is 5.80. The summed E-state index contributed by atoms with van der Waals surface area (Å²) in [5.41, 5.74) is 7.41. The Morgan fingerprint density at radius 2 is 2.12 bits per heavy atom. The summed E-state index contributed by atoms with van der Waals surface area (Å²) in [5, 5.41) is 9.56. The minimum Gasteiger partial charge on any atom is -0.395 e. The Hall–Kier alpha value is -0.510. The quantitative estimate of drug-likeness (QED) is 0.772. The molecule has 2 atom stereocenters. The van der Waals surface area contributed by atoms with Gasteiger partial charge in [0.05, 0.1) is 6.61 Å². The molecule has 0 amide bonds. The number of nitrogens with two attached hydrogens (primary N) is 1. The summed E-state index contributed by atoms with van der Waals surface area (Å²) in [6.45, 7) is 2.26. The molecule has 1 fully saturated rings. The summed E-state index contributed by atoms with van der Waals surface area (Å²) in [5.74, 6) is 0.633. The van der Waals surface area contributed by atoms with Crippen molar-refractivity contribution in [1.29, 1.82) is 0 Å². The number of benzene rings is 1. The number of hydrogen-bond acceptors (Lipinski definition) is 3. The zero-order chi connectivity index (χ0) is 11.5. The van der Waals surface area contributed by atoms with Crippen LogP contribution in [0.5, 0.6) is 0 Å². The first-order chi connectivity index (χ1) is 7.72. The third-order valence-electron chi connectivity index (χ3n) is 3.15. The van der Waals surface area contributed by atoms with Gasteiger partial charge >= 0.3 is 0 Å². The molecular formula is C13H19NOS. The number of aliphatic hydroxyl groups is 1. The van der Waals surface area contributed by atoms with Crippen molar-refractivity contribution in [2.75, 3.05) is 6.61 Å². The molecule has 2 rings (SSSR count). The van der Waals surface area contributed by atoms with E-state index in [-0.39, 0.29) is 17.9 Å². The molecule has 88 valence electrons. The van der Waals surface area contributed by atoms with Crippen molar-refractivity contribution in [3.8, 4) is 0 Å². The van der Waals surface area contributed by atoms with Gasteiger partial charge in [0.2, 0.25) is 0 Å². The zero-order valence-electron chi connectivity index (χ0n) is 9.60. The maximum absolute atomic E-state index is 9.42. The lowest BCUT2D eigenvalue weighted by atomic mass is 10.1. The van der Waals surface area contributed by atoms with E-state index in [4.69, 9.17) is 5.73 Å². The van der Waals surface area contributed by atoms with Gasteiger partial charge in [0, 0.05) is 16.2 Å². The van der Waals surface area contributed by atoms with Crippen molar-refractivity contribution >= 4 is 11.8 Å². The fourth-order valence-corrected chi connectivity index (χ4v) is 3.07. The number of aliphatic hydroxyl groups excluding tert-OH is 1. The van der Waals surface area contributed by atoms with Gasteiger partial charge in [-0.15, -0.1) is 11.8 Å². The molecule has 0 saturated heterocycles. The van der Waals surface area contributed by atoms with Crippen LogP contribution in [0.3, 0.4) is 0 Å². The Balaban J connectivity index is 2.03. The van der Waals surface area contributed by atoms with Crippen LogP contribution in [0.25, 0.3) is 0 Å². The lowest BCUT2D eigenvalue weighted by Crippen LogP contribution is -2.36. The number of thioether (sulfide) groups is 1. The van der Waals surface area contributed by atoms with E-state index >= 15 is 0 Å². The van der Waals surface area contributed by atoms with E-state index in [1.807, 2.05) is 12.1 Å². The smallest absolute Gasteiger partial charge is 0.0568 e. The molecular weight excluding hydrogens is 218 g/mol. The lowest BCUT2D eigenvalue weighted by Gasteiger charge is -2.21. The van der Waals surface area contributed by atoms with Crippen molar-refractivity contribution in [2.45, 2.75) is 36.0 Å². The summed E-state index contributed by atoms with van der Waals surface area (Å²) in [6.07, 6.45) is 2.46. The monoisotopic (exact) mass is 237 g/mol. The van der Waals surface area contributed by atoms with Crippen LogP contribution in [0.2, 0.25) is 0 Å². The van der Waals surface area contributed by atoms with E-state index in [9.17, 15) is 5.11 Å². The average molecular weight is 237 g/mol. The highest BCUT2D eigenvalue weighted by Crippen LogP contribution is 2.38. The fraction of sp³-hybridized carbons (Fsp3) is 0.538. The second kappa shape index (κ2) is 5.21. The highest BCUT2D eigenvalue weighted by atomic mass is 32.2. The van der Waals surface area contributed by atoms with Crippen molar-refractivity contribution < 1.29 is 5.11 Å². The first kappa shape index (κ1) is 12.0. The third-order valence-corrected chi connectivity index (χ3v) is 4.63. The van der Waals surface area contributed by atoms with Gasteiger partial charge in [-0.05, 0) is 37.3 Å². The van der Waals surface area contributed by atoms with Gasteiger partial charge in [-0.1, -0.05) is 18.2 Å². The summed E-state index contributed by atoms with van der Waals surface area (Å²) in [6, 6.07) is 8.40. The number of aryl methyl sites for hydroxylation is 1. The Bertz CT molecular complexity index is 352.